The minimum atomic E-state index is -0.166. The van der Waals surface area contributed by atoms with Crippen molar-refractivity contribution in [3.05, 3.63) is 95.3 Å². The number of rotatable bonds is 8. The third kappa shape index (κ3) is 6.08. The van der Waals surface area contributed by atoms with Crippen molar-refractivity contribution in [2.75, 3.05) is 30.7 Å². The van der Waals surface area contributed by atoms with Crippen LogP contribution in [0.3, 0.4) is 0 Å². The number of nitrogen functional groups attached to an aromatic ring is 1. The van der Waals surface area contributed by atoms with Crippen molar-refractivity contribution < 1.29 is 9.18 Å². The second-order valence-electron chi connectivity index (χ2n) is 9.87. The van der Waals surface area contributed by atoms with Gasteiger partial charge in [-0.05, 0) is 92.3 Å². The maximum absolute atomic E-state index is 13.1. The van der Waals surface area contributed by atoms with Crippen LogP contribution in [0.25, 0.3) is 0 Å². The molecule has 1 heterocycles. The Morgan fingerprint density at radius 1 is 0.971 bits per heavy atom. The van der Waals surface area contributed by atoms with Gasteiger partial charge in [-0.1, -0.05) is 36.4 Å². The van der Waals surface area contributed by atoms with Crippen LogP contribution in [0.5, 0.6) is 0 Å². The van der Waals surface area contributed by atoms with Crippen LogP contribution < -0.4 is 16.4 Å². The number of nitrogens with zero attached hydrogens (tertiary/aromatic N) is 1. The molecule has 4 N–H and O–H groups in total. The normalized spacial score (nSPS) is 20.5. The molecule has 0 bridgehead atoms. The maximum Gasteiger partial charge on any atom is 0.255 e. The molecule has 0 radical (unpaired) electrons. The van der Waals surface area contributed by atoms with Gasteiger partial charge in [-0.25, -0.2) is 4.39 Å². The quantitative estimate of drug-likeness (QED) is 0.403. The Morgan fingerprint density at radius 3 is 2.40 bits per heavy atom. The van der Waals surface area contributed by atoms with Crippen LogP contribution in [0.15, 0.2) is 72.8 Å². The zero-order valence-electron chi connectivity index (χ0n) is 19.9. The number of benzene rings is 3. The summed E-state index contributed by atoms with van der Waals surface area (Å²) in [6.07, 6.45) is 3.54. The molecule has 182 valence electrons. The Balaban J connectivity index is 1.03. The van der Waals surface area contributed by atoms with E-state index < -0.39 is 0 Å². The zero-order chi connectivity index (χ0) is 24.2. The molecule has 6 heteroatoms. The van der Waals surface area contributed by atoms with Crippen LogP contribution in [0.4, 0.5) is 15.8 Å². The summed E-state index contributed by atoms with van der Waals surface area (Å²) in [6, 6.07) is 22.6. The Kier molecular flexibility index (Phi) is 7.11. The third-order valence-corrected chi connectivity index (χ3v) is 7.30. The molecule has 2 aliphatic rings. The van der Waals surface area contributed by atoms with Gasteiger partial charge in [0.1, 0.15) is 5.82 Å². The summed E-state index contributed by atoms with van der Waals surface area (Å²) < 4.78 is 13.1. The summed E-state index contributed by atoms with van der Waals surface area (Å²) in [4.78, 5) is 15.0. The number of anilines is 2. The molecule has 0 aromatic heterocycles. The molecule has 2 atom stereocenters. The SMILES string of the molecule is Nc1ccccc1NC(=O)c1ccc(CN2CCC(CNC3CC3c3ccc(F)cc3)CC2)cc1. The number of para-hydroxylation sites is 2. The maximum atomic E-state index is 13.1. The van der Waals surface area contributed by atoms with Crippen LogP contribution in [0.2, 0.25) is 0 Å². The Hall–Kier alpha value is -3.22. The van der Waals surface area contributed by atoms with Gasteiger partial charge in [-0.3, -0.25) is 9.69 Å². The molecule has 1 aliphatic heterocycles. The van der Waals surface area contributed by atoms with Crippen molar-refractivity contribution in [1.29, 1.82) is 0 Å². The number of carbonyl (C=O) groups is 1. The van der Waals surface area contributed by atoms with Crippen molar-refractivity contribution in [2.24, 2.45) is 5.92 Å². The first-order valence-electron chi connectivity index (χ1n) is 12.5. The van der Waals surface area contributed by atoms with Crippen LogP contribution in [-0.2, 0) is 6.54 Å². The fourth-order valence-corrected chi connectivity index (χ4v) is 4.99. The first-order chi connectivity index (χ1) is 17.0. The van der Waals surface area contributed by atoms with Crippen molar-refractivity contribution in [3.63, 3.8) is 0 Å². The van der Waals surface area contributed by atoms with E-state index in [9.17, 15) is 9.18 Å². The topological polar surface area (TPSA) is 70.4 Å². The molecule has 1 amide bonds. The molecule has 2 unspecified atom stereocenters. The number of halogens is 1. The molecule has 3 aromatic rings. The first kappa shape index (κ1) is 23.5. The molecule has 5 rings (SSSR count). The Morgan fingerprint density at radius 2 is 1.69 bits per heavy atom. The van der Waals surface area contributed by atoms with Crippen molar-refractivity contribution in [2.45, 2.75) is 37.8 Å². The number of nitrogens with one attached hydrogen (secondary N) is 2. The number of nitrogens with two attached hydrogens (primary N) is 1. The minimum absolute atomic E-state index is 0.153. The molecular weight excluding hydrogens is 439 g/mol. The highest BCUT2D eigenvalue weighted by Gasteiger charge is 2.38. The lowest BCUT2D eigenvalue weighted by Crippen LogP contribution is -2.37. The van der Waals surface area contributed by atoms with Crippen LogP contribution >= 0.6 is 0 Å². The van der Waals surface area contributed by atoms with Crippen molar-refractivity contribution in [1.82, 2.24) is 10.2 Å². The number of amides is 1. The van der Waals surface area contributed by atoms with Gasteiger partial charge in [0.15, 0.2) is 0 Å². The smallest absolute Gasteiger partial charge is 0.255 e. The van der Waals surface area contributed by atoms with Gasteiger partial charge < -0.3 is 16.4 Å². The lowest BCUT2D eigenvalue weighted by Gasteiger charge is -2.32. The largest absolute Gasteiger partial charge is 0.397 e. The highest BCUT2D eigenvalue weighted by atomic mass is 19.1. The summed E-state index contributed by atoms with van der Waals surface area (Å²) in [5.41, 5.74) is 10.2. The Labute approximate surface area is 206 Å². The van der Waals surface area contributed by atoms with Gasteiger partial charge >= 0.3 is 0 Å². The van der Waals surface area contributed by atoms with Crippen LogP contribution in [0, 0.1) is 11.7 Å². The summed E-state index contributed by atoms with van der Waals surface area (Å²) in [5.74, 6) is 0.920. The molecule has 2 fully saturated rings. The van der Waals surface area contributed by atoms with E-state index in [2.05, 4.69) is 15.5 Å². The van der Waals surface area contributed by atoms with Gasteiger partial charge in [0.25, 0.3) is 5.91 Å². The average molecular weight is 473 g/mol. The minimum Gasteiger partial charge on any atom is -0.397 e. The number of carbonyl (C=O) groups excluding carboxylic acids is 1. The molecule has 1 saturated carbocycles. The van der Waals surface area contributed by atoms with E-state index in [0.717, 1.165) is 32.6 Å². The van der Waals surface area contributed by atoms with Gasteiger partial charge in [0.05, 0.1) is 11.4 Å². The fraction of sp³-hybridized carbons (Fsp3) is 0.345. The first-order valence-corrected chi connectivity index (χ1v) is 12.5. The third-order valence-electron chi connectivity index (χ3n) is 7.30. The van der Waals surface area contributed by atoms with Gasteiger partial charge in [-0.15, -0.1) is 0 Å². The average Bonchev–Trinajstić information content (AvgIpc) is 3.65. The highest BCUT2D eigenvalue weighted by Crippen LogP contribution is 2.41. The number of hydrogen-bond acceptors (Lipinski definition) is 4. The molecule has 3 aromatic carbocycles. The monoisotopic (exact) mass is 472 g/mol. The van der Waals surface area contributed by atoms with Crippen LogP contribution in [-0.4, -0.2) is 36.5 Å². The Bertz CT molecular complexity index is 1140. The molecule has 0 spiro atoms. The molecule has 35 heavy (non-hydrogen) atoms. The van der Waals surface area contributed by atoms with E-state index in [-0.39, 0.29) is 11.7 Å². The predicted molar refractivity (Wildman–Crippen MR) is 139 cm³/mol. The van der Waals surface area contributed by atoms with Gasteiger partial charge in [0, 0.05) is 24.1 Å². The van der Waals surface area contributed by atoms with Gasteiger partial charge in [-0.2, -0.15) is 0 Å². The standard InChI is InChI=1S/C29H33FN4O/c30-24-11-9-22(10-12-24)25-17-28(25)32-18-20-13-15-34(16-14-20)19-21-5-7-23(8-6-21)29(35)33-27-4-2-1-3-26(27)31/h1-12,20,25,28,32H,13-19,31H2,(H,33,35). The highest BCUT2D eigenvalue weighted by molar-refractivity contribution is 6.05. The molecule has 1 aliphatic carbocycles. The van der Waals surface area contributed by atoms with Crippen molar-refractivity contribution in [3.8, 4) is 0 Å². The summed E-state index contributed by atoms with van der Waals surface area (Å²) in [6.45, 7) is 4.15. The summed E-state index contributed by atoms with van der Waals surface area (Å²) in [7, 11) is 0. The lowest BCUT2D eigenvalue weighted by molar-refractivity contribution is 0.102. The fourth-order valence-electron chi connectivity index (χ4n) is 4.99. The van der Waals surface area contributed by atoms with E-state index in [1.807, 2.05) is 48.5 Å². The van der Waals surface area contributed by atoms with E-state index in [1.165, 1.54) is 24.0 Å². The second kappa shape index (κ2) is 10.6. The predicted octanol–water partition coefficient (Wildman–Crippen LogP) is 5.02. The lowest BCUT2D eigenvalue weighted by atomic mass is 9.96. The summed E-state index contributed by atoms with van der Waals surface area (Å²) in [5, 5.41) is 6.61. The molecular formula is C29H33FN4O. The van der Waals surface area contributed by atoms with E-state index in [4.69, 9.17) is 5.73 Å². The zero-order valence-corrected chi connectivity index (χ0v) is 19.9. The number of piperidine rings is 1. The van der Waals surface area contributed by atoms with Gasteiger partial charge in [0.2, 0.25) is 0 Å². The van der Waals surface area contributed by atoms with E-state index in [0.29, 0.717) is 34.8 Å². The molecule has 5 nitrogen and oxygen atoms in total. The summed E-state index contributed by atoms with van der Waals surface area (Å²) >= 11 is 0. The second-order valence-corrected chi connectivity index (χ2v) is 9.87. The van der Waals surface area contributed by atoms with E-state index in [1.54, 1.807) is 24.3 Å². The van der Waals surface area contributed by atoms with E-state index >= 15 is 0 Å². The molecule has 1 saturated heterocycles. The van der Waals surface area contributed by atoms with Crippen molar-refractivity contribution >= 4 is 17.3 Å². The van der Waals surface area contributed by atoms with Crippen LogP contribution in [0.1, 0.15) is 46.7 Å². The number of hydrogen-bond donors (Lipinski definition) is 3. The number of likely N-dealkylation sites (tertiary alicyclic amines) is 1.